The van der Waals surface area contributed by atoms with Crippen LogP contribution in [-0.4, -0.2) is 95.7 Å². The van der Waals surface area contributed by atoms with Gasteiger partial charge < -0.3 is 9.88 Å². The maximum absolute atomic E-state index is 13.0. The minimum atomic E-state index is -4.26. The van der Waals surface area contributed by atoms with E-state index in [2.05, 4.69) is 67.2 Å². The van der Waals surface area contributed by atoms with Crippen LogP contribution in [0.2, 0.25) is 0 Å². The molecule has 3 fully saturated rings. The SMILES string of the molecule is C=CS(=C)(=O)N1CC2CC1CN2CCn1c(C#N)cc2c(C)c(CN3CCC(Nc4ncnc5sc(CC(F)(F)F)cc45)CC3)ccc21. The van der Waals surface area contributed by atoms with Gasteiger partial charge in [-0.1, -0.05) is 12.6 Å². The molecule has 3 saturated heterocycles. The average Bonchev–Trinajstić information content (AvgIpc) is 3.83. The van der Waals surface area contributed by atoms with Crippen LogP contribution in [0.25, 0.3) is 21.1 Å². The zero-order valence-electron chi connectivity index (χ0n) is 26.9. The number of rotatable bonds is 10. The Morgan fingerprint density at radius 3 is 2.62 bits per heavy atom. The number of nitrogens with one attached hydrogen (secondary N) is 1. The Hall–Kier alpha value is -3.48. The normalized spacial score (nSPS) is 22.4. The molecule has 3 aromatic heterocycles. The van der Waals surface area contributed by atoms with E-state index in [1.54, 1.807) is 6.07 Å². The second kappa shape index (κ2) is 12.8. The Balaban J connectivity index is 0.972. The quantitative estimate of drug-likeness (QED) is 0.218. The van der Waals surface area contributed by atoms with Crippen LogP contribution in [0.15, 0.2) is 42.6 Å². The smallest absolute Gasteiger partial charge is 0.367 e. The van der Waals surface area contributed by atoms with Crippen molar-refractivity contribution in [3.8, 4) is 6.07 Å². The molecule has 4 aromatic rings. The lowest BCUT2D eigenvalue weighted by atomic mass is 10.0. The van der Waals surface area contributed by atoms with Crippen LogP contribution in [0.4, 0.5) is 19.0 Å². The molecule has 254 valence electrons. The first kappa shape index (κ1) is 33.0. The first-order chi connectivity index (χ1) is 22.9. The van der Waals surface area contributed by atoms with Crippen molar-refractivity contribution in [2.75, 3.05) is 38.0 Å². The first-order valence-corrected chi connectivity index (χ1v) is 18.8. The van der Waals surface area contributed by atoms with E-state index < -0.39 is 22.3 Å². The monoisotopic (exact) mass is 696 g/mol. The van der Waals surface area contributed by atoms with Crippen LogP contribution in [0.1, 0.15) is 41.0 Å². The molecule has 0 saturated carbocycles. The van der Waals surface area contributed by atoms with E-state index in [4.69, 9.17) is 0 Å². The molecule has 14 heteroatoms. The number of alkyl halides is 3. The summed E-state index contributed by atoms with van der Waals surface area (Å²) in [7, 11) is -2.41. The van der Waals surface area contributed by atoms with E-state index in [1.807, 2.05) is 10.4 Å². The van der Waals surface area contributed by atoms with Gasteiger partial charge in [0, 0.05) is 94.8 Å². The summed E-state index contributed by atoms with van der Waals surface area (Å²) < 4.78 is 55.8. The summed E-state index contributed by atoms with van der Waals surface area (Å²) in [6.45, 7) is 11.5. The summed E-state index contributed by atoms with van der Waals surface area (Å²) in [4.78, 5) is 14.2. The maximum atomic E-state index is 13.0. The number of aryl methyl sites for hydroxylation is 1. The zero-order valence-corrected chi connectivity index (χ0v) is 28.5. The number of fused-ring (bicyclic) bond motifs is 4. The molecular weight excluding hydrogens is 658 g/mol. The molecule has 1 N–H and O–H groups in total. The second-order valence-electron chi connectivity index (χ2n) is 13.2. The molecule has 0 aliphatic carbocycles. The summed E-state index contributed by atoms with van der Waals surface area (Å²) in [5.74, 6) is 4.48. The van der Waals surface area contributed by atoms with Gasteiger partial charge in [0.1, 0.15) is 28.7 Å². The number of thiophene rings is 1. The fourth-order valence-corrected chi connectivity index (χ4v) is 9.99. The third-order valence-corrected chi connectivity index (χ3v) is 13.0. The van der Waals surface area contributed by atoms with Gasteiger partial charge in [0.25, 0.3) is 0 Å². The van der Waals surface area contributed by atoms with Crippen LogP contribution in [0.5, 0.6) is 0 Å². The molecule has 2 bridgehead atoms. The number of benzene rings is 1. The average molecular weight is 697 g/mol. The molecule has 0 amide bonds. The summed E-state index contributed by atoms with van der Waals surface area (Å²) in [6, 6.07) is 11.0. The number of hydrogen-bond donors (Lipinski definition) is 1. The number of hydrogen-bond acceptors (Lipinski definition) is 8. The molecular formula is C34H39F3N8OS2. The molecule has 6 heterocycles. The van der Waals surface area contributed by atoms with E-state index in [-0.39, 0.29) is 17.0 Å². The summed E-state index contributed by atoms with van der Waals surface area (Å²) in [6.07, 6.45) is -1.05. The Bertz CT molecular complexity index is 2010. The van der Waals surface area contributed by atoms with E-state index in [1.165, 1.54) is 22.9 Å². The van der Waals surface area contributed by atoms with Gasteiger partial charge in [-0.2, -0.15) is 18.4 Å². The van der Waals surface area contributed by atoms with Crippen LogP contribution in [0, 0.1) is 18.3 Å². The second-order valence-corrected chi connectivity index (χ2v) is 16.5. The largest absolute Gasteiger partial charge is 0.393 e. The molecule has 0 spiro atoms. The first-order valence-electron chi connectivity index (χ1n) is 16.2. The fourth-order valence-electron chi connectivity index (χ4n) is 7.69. The van der Waals surface area contributed by atoms with Gasteiger partial charge in [-0.15, -0.1) is 11.3 Å². The van der Waals surface area contributed by atoms with Crippen molar-refractivity contribution in [3.63, 3.8) is 0 Å². The van der Waals surface area contributed by atoms with Crippen molar-refractivity contribution < 1.29 is 17.4 Å². The fraction of sp³-hybridized carbons (Fsp3) is 0.471. The van der Waals surface area contributed by atoms with Crippen LogP contribution >= 0.6 is 11.3 Å². The predicted octanol–water partition coefficient (Wildman–Crippen LogP) is 5.54. The van der Waals surface area contributed by atoms with E-state index in [0.717, 1.165) is 80.8 Å². The van der Waals surface area contributed by atoms with Gasteiger partial charge in [0.05, 0.1) is 11.8 Å². The molecule has 9 nitrogen and oxygen atoms in total. The standard InChI is InChI=1S/C34H39F3N8OS2/c1-4-48(3,46)45-20-26-13-27(45)19-43(26)11-12-44-25(17-38)14-29-22(2)23(5-6-31(29)44)18-42-9-7-24(8-10-42)41-32-30-15-28(16-34(35,36)37)47-33(30)40-21-39-32/h4-6,14-15,21,24,26-27H,1,3,7-13,16,18-20H2,2H3,(H,39,40,41). The summed E-state index contributed by atoms with van der Waals surface area (Å²) in [5, 5.41) is 16.7. The molecule has 7 rings (SSSR count). The highest BCUT2D eigenvalue weighted by Gasteiger charge is 2.45. The summed E-state index contributed by atoms with van der Waals surface area (Å²) in [5.41, 5.74) is 4.14. The number of piperazine rings is 1. The third-order valence-electron chi connectivity index (χ3n) is 10.2. The predicted molar refractivity (Wildman–Crippen MR) is 186 cm³/mol. The lowest BCUT2D eigenvalue weighted by Crippen LogP contribution is -2.48. The van der Waals surface area contributed by atoms with Crippen molar-refractivity contribution in [3.05, 3.63) is 64.3 Å². The highest BCUT2D eigenvalue weighted by molar-refractivity contribution is 8.00. The van der Waals surface area contributed by atoms with Crippen molar-refractivity contribution in [1.29, 1.82) is 5.26 Å². The highest BCUT2D eigenvalue weighted by atomic mass is 32.2. The third kappa shape index (κ3) is 6.46. The molecule has 3 aliphatic rings. The van der Waals surface area contributed by atoms with Crippen LogP contribution in [0.3, 0.4) is 0 Å². The number of nitrogens with zero attached hydrogens (tertiary/aromatic N) is 7. The number of anilines is 1. The van der Waals surface area contributed by atoms with E-state index >= 15 is 0 Å². The van der Waals surface area contributed by atoms with Gasteiger partial charge in [0.15, 0.2) is 0 Å². The Labute approximate surface area is 282 Å². The maximum Gasteiger partial charge on any atom is 0.393 e. The van der Waals surface area contributed by atoms with Crippen molar-refractivity contribution in [2.45, 2.75) is 70.0 Å². The highest BCUT2D eigenvalue weighted by Crippen LogP contribution is 2.35. The topological polar surface area (TPSA) is 93.3 Å². The van der Waals surface area contributed by atoms with E-state index in [0.29, 0.717) is 34.3 Å². The molecule has 0 radical (unpaired) electrons. The summed E-state index contributed by atoms with van der Waals surface area (Å²) >= 11 is 1.06. The van der Waals surface area contributed by atoms with E-state index in [9.17, 15) is 22.6 Å². The molecule has 3 aliphatic heterocycles. The lowest BCUT2D eigenvalue weighted by molar-refractivity contribution is -0.126. The van der Waals surface area contributed by atoms with Crippen LogP contribution in [-0.2, 0) is 29.2 Å². The minimum Gasteiger partial charge on any atom is -0.367 e. The van der Waals surface area contributed by atoms with Gasteiger partial charge in [0.2, 0.25) is 0 Å². The molecule has 48 heavy (non-hydrogen) atoms. The molecule has 3 atom stereocenters. The van der Waals surface area contributed by atoms with Crippen molar-refractivity contribution in [2.24, 2.45) is 0 Å². The minimum absolute atomic E-state index is 0.166. The number of piperidine rings is 1. The number of nitriles is 1. The molecule has 3 unspecified atom stereocenters. The Kier molecular flexibility index (Phi) is 8.78. The number of likely N-dealkylation sites (tertiary alicyclic amines) is 2. The van der Waals surface area contributed by atoms with Gasteiger partial charge in [-0.05, 0) is 61.4 Å². The number of aromatic nitrogens is 3. The Morgan fingerprint density at radius 2 is 1.94 bits per heavy atom. The van der Waals surface area contributed by atoms with Gasteiger partial charge >= 0.3 is 6.18 Å². The van der Waals surface area contributed by atoms with Gasteiger partial charge in [-0.3, -0.25) is 9.80 Å². The lowest BCUT2D eigenvalue weighted by Gasteiger charge is -2.34. The van der Waals surface area contributed by atoms with Crippen molar-refractivity contribution in [1.82, 2.24) is 28.6 Å². The van der Waals surface area contributed by atoms with Gasteiger partial charge in [-0.25, -0.2) is 18.5 Å². The Morgan fingerprint density at radius 1 is 1.15 bits per heavy atom. The number of halogens is 3. The van der Waals surface area contributed by atoms with Crippen molar-refractivity contribution >= 4 is 53.9 Å². The molecule has 1 aromatic carbocycles. The van der Waals surface area contributed by atoms with Crippen LogP contribution < -0.4 is 5.32 Å². The zero-order chi connectivity index (χ0) is 33.8.